The average Bonchev–Trinajstić information content (AvgIpc) is 2.35. The van der Waals surface area contributed by atoms with Crippen LogP contribution in [-0.4, -0.2) is 23.9 Å². The molecule has 1 heterocycles. The second-order valence-corrected chi connectivity index (χ2v) is 4.28. The van der Waals surface area contributed by atoms with Crippen LogP contribution in [0, 0.1) is 0 Å². The quantitative estimate of drug-likeness (QED) is 0.438. The third-order valence-corrected chi connectivity index (χ3v) is 2.77. The van der Waals surface area contributed by atoms with E-state index in [9.17, 15) is 31.1 Å². The summed E-state index contributed by atoms with van der Waals surface area (Å²) in [5.74, 6) is -3.06. The van der Waals surface area contributed by atoms with E-state index < -0.39 is 41.1 Å². The van der Waals surface area contributed by atoms with E-state index >= 15 is 0 Å². The van der Waals surface area contributed by atoms with Crippen molar-refractivity contribution in [2.24, 2.45) is 0 Å². The number of alkyl halides is 7. The number of rotatable bonds is 4. The summed E-state index contributed by atoms with van der Waals surface area (Å²) in [6.07, 6.45) is -10.4. The Morgan fingerprint density at radius 2 is 1.86 bits per heavy atom. The number of ether oxygens (including phenoxy) is 2. The molecule has 0 aromatic carbocycles. The topological polar surface area (TPSA) is 48.4 Å². The zero-order valence-corrected chi connectivity index (χ0v) is 12.4. The van der Waals surface area contributed by atoms with E-state index in [-0.39, 0.29) is 18.1 Å². The van der Waals surface area contributed by atoms with E-state index in [2.05, 4.69) is 30.4 Å². The maximum Gasteiger partial charge on any atom is 0.573 e. The summed E-state index contributed by atoms with van der Waals surface area (Å²) in [5.41, 5.74) is -3.42. The van der Waals surface area contributed by atoms with Gasteiger partial charge in [-0.05, 0) is 6.92 Å². The van der Waals surface area contributed by atoms with Crippen molar-refractivity contribution in [2.75, 3.05) is 6.61 Å². The molecule has 0 spiro atoms. The first kappa shape index (κ1) is 18.5. The van der Waals surface area contributed by atoms with Crippen LogP contribution < -0.4 is 4.74 Å². The van der Waals surface area contributed by atoms with Crippen molar-refractivity contribution in [3.63, 3.8) is 0 Å². The number of esters is 1. The zero-order valence-electron chi connectivity index (χ0n) is 10.8. The highest BCUT2D eigenvalue weighted by atomic mass is 79.9. The van der Waals surface area contributed by atoms with Gasteiger partial charge in [-0.1, -0.05) is 15.9 Å². The third-order valence-electron chi connectivity index (χ3n) is 2.24. The molecule has 0 unspecified atom stereocenters. The van der Waals surface area contributed by atoms with Crippen LogP contribution in [0.3, 0.4) is 0 Å². The lowest BCUT2D eigenvalue weighted by Crippen LogP contribution is -2.24. The Bertz CT molecular complexity index is 558. The van der Waals surface area contributed by atoms with Gasteiger partial charge in [0.25, 0.3) is 0 Å². The van der Waals surface area contributed by atoms with Crippen LogP contribution in [0.2, 0.25) is 0 Å². The molecule has 0 aliphatic rings. The molecule has 4 nitrogen and oxygen atoms in total. The van der Waals surface area contributed by atoms with Crippen LogP contribution in [-0.2, 0) is 16.2 Å². The molecule has 11 heteroatoms. The van der Waals surface area contributed by atoms with Gasteiger partial charge in [-0.25, -0.2) is 4.79 Å². The Labute approximate surface area is 128 Å². The number of carbonyl (C=O) groups is 1. The summed E-state index contributed by atoms with van der Waals surface area (Å²) in [5, 5.41) is -0.295. The van der Waals surface area contributed by atoms with Gasteiger partial charge in [0, 0.05) is 5.33 Å². The number of pyridine rings is 1. The first-order valence-corrected chi connectivity index (χ1v) is 6.71. The van der Waals surface area contributed by atoms with Crippen molar-refractivity contribution < 1.29 is 40.6 Å². The minimum absolute atomic E-state index is 0.260. The molecule has 0 N–H and O–H groups in total. The Kier molecular flexibility index (Phi) is 5.65. The smallest absolute Gasteiger partial charge is 0.462 e. The molecule has 124 valence electrons. The molecule has 0 amide bonds. The van der Waals surface area contributed by atoms with Crippen molar-refractivity contribution in [1.29, 1.82) is 0 Å². The number of nitrogens with zero attached hydrogens (tertiary/aromatic N) is 1. The second kappa shape index (κ2) is 6.71. The summed E-state index contributed by atoms with van der Waals surface area (Å²) < 4.78 is 83.8. The molecule has 0 saturated carbocycles. The first-order valence-electron chi connectivity index (χ1n) is 5.59. The molecule has 0 aliphatic carbocycles. The monoisotopic (exact) mass is 395 g/mol. The first-order chi connectivity index (χ1) is 10.0. The minimum atomic E-state index is -5.37. The Morgan fingerprint density at radius 1 is 1.27 bits per heavy atom. The molecule has 22 heavy (non-hydrogen) atoms. The number of halogens is 7. The highest BCUT2D eigenvalue weighted by molar-refractivity contribution is 9.08. The minimum Gasteiger partial charge on any atom is -0.462 e. The van der Waals surface area contributed by atoms with Crippen LogP contribution in [0.15, 0.2) is 6.20 Å². The average molecular weight is 396 g/mol. The summed E-state index contributed by atoms with van der Waals surface area (Å²) in [6.45, 7) is 1.07. The van der Waals surface area contributed by atoms with E-state index in [0.717, 1.165) is 0 Å². The summed E-state index contributed by atoms with van der Waals surface area (Å²) in [4.78, 5) is 15.1. The summed E-state index contributed by atoms with van der Waals surface area (Å²) in [6, 6.07) is 0. The molecule has 0 bridgehead atoms. The van der Waals surface area contributed by atoms with Crippen LogP contribution in [0.5, 0.6) is 5.75 Å². The fraction of sp³-hybridized carbons (Fsp3) is 0.455. The normalized spacial score (nSPS) is 12.2. The number of carbonyl (C=O) groups excluding carboxylic acids is 1. The fourth-order valence-corrected chi connectivity index (χ4v) is 1.97. The van der Waals surface area contributed by atoms with E-state index in [4.69, 9.17) is 0 Å². The molecular weight excluding hydrogens is 388 g/mol. The van der Waals surface area contributed by atoms with Gasteiger partial charge < -0.3 is 9.47 Å². The molecule has 0 fully saturated rings. The lowest BCUT2D eigenvalue weighted by Gasteiger charge is -2.19. The van der Waals surface area contributed by atoms with E-state index in [1.165, 1.54) is 6.92 Å². The van der Waals surface area contributed by atoms with E-state index in [1.807, 2.05) is 0 Å². The molecule has 1 aromatic heterocycles. The number of aromatic nitrogens is 1. The lowest BCUT2D eigenvalue weighted by molar-refractivity contribution is -0.276. The van der Waals surface area contributed by atoms with Crippen molar-refractivity contribution >= 4 is 21.9 Å². The largest absolute Gasteiger partial charge is 0.573 e. The molecule has 0 radical (unpaired) electrons. The lowest BCUT2D eigenvalue weighted by atomic mass is 10.1. The van der Waals surface area contributed by atoms with Gasteiger partial charge in [0.1, 0.15) is 5.56 Å². The van der Waals surface area contributed by atoms with E-state index in [0.29, 0.717) is 0 Å². The summed E-state index contributed by atoms with van der Waals surface area (Å²) >= 11 is 2.81. The van der Waals surface area contributed by atoms with Gasteiger partial charge in [-0.3, -0.25) is 4.98 Å². The van der Waals surface area contributed by atoms with Crippen molar-refractivity contribution in [3.05, 3.63) is 23.0 Å². The summed E-state index contributed by atoms with van der Waals surface area (Å²) in [7, 11) is 0. The predicted molar refractivity (Wildman–Crippen MR) is 64.5 cm³/mol. The Balaban J connectivity index is 3.61. The number of hydrogen-bond acceptors (Lipinski definition) is 4. The van der Waals surface area contributed by atoms with Gasteiger partial charge in [-0.15, -0.1) is 13.2 Å². The zero-order chi connectivity index (χ0) is 17.1. The Morgan fingerprint density at radius 3 is 2.27 bits per heavy atom. The maximum absolute atomic E-state index is 13.1. The third kappa shape index (κ3) is 4.49. The van der Waals surface area contributed by atoms with Crippen LogP contribution >= 0.6 is 15.9 Å². The van der Waals surface area contributed by atoms with E-state index in [1.54, 1.807) is 0 Å². The van der Waals surface area contributed by atoms with Gasteiger partial charge >= 0.3 is 18.5 Å². The Hall–Kier alpha value is -1.52. The molecule has 0 atom stereocenters. The van der Waals surface area contributed by atoms with Crippen molar-refractivity contribution in [1.82, 2.24) is 4.98 Å². The van der Waals surface area contributed by atoms with Gasteiger partial charge in [-0.2, -0.15) is 13.2 Å². The predicted octanol–water partition coefficient (Wildman–Crippen LogP) is 4.07. The fourth-order valence-electron chi connectivity index (χ4n) is 1.54. The van der Waals surface area contributed by atoms with Gasteiger partial charge in [0.15, 0.2) is 5.75 Å². The molecule has 0 saturated heterocycles. The molecular formula is C11H8BrF6NO3. The molecule has 0 aliphatic heterocycles. The van der Waals surface area contributed by atoms with Crippen LogP contribution in [0.4, 0.5) is 26.3 Å². The number of hydrogen-bond donors (Lipinski definition) is 0. The maximum atomic E-state index is 13.1. The van der Waals surface area contributed by atoms with Crippen LogP contribution in [0.1, 0.15) is 28.5 Å². The van der Waals surface area contributed by atoms with Crippen LogP contribution in [0.25, 0.3) is 0 Å². The highest BCUT2D eigenvalue weighted by Gasteiger charge is 2.44. The van der Waals surface area contributed by atoms with Crippen molar-refractivity contribution in [3.8, 4) is 5.75 Å². The standard InChI is InChI=1S/C11H8BrF6NO3/c1-2-21-9(20)7-5(3-12)19-4-6(22-11(16,17)18)8(7)10(13,14)15/h4H,2-3H2,1H3. The second-order valence-electron chi connectivity index (χ2n) is 3.72. The molecule has 1 aromatic rings. The molecule has 1 rings (SSSR count). The van der Waals surface area contributed by atoms with Gasteiger partial charge in [0.2, 0.25) is 0 Å². The SMILES string of the molecule is CCOC(=O)c1c(CBr)ncc(OC(F)(F)F)c1C(F)(F)F. The highest BCUT2D eigenvalue weighted by Crippen LogP contribution is 2.41. The van der Waals surface area contributed by atoms with Crippen molar-refractivity contribution in [2.45, 2.75) is 24.8 Å². The van der Waals surface area contributed by atoms with Gasteiger partial charge in [0.05, 0.1) is 24.1 Å².